The van der Waals surface area contributed by atoms with Gasteiger partial charge in [0.25, 0.3) is 0 Å². The van der Waals surface area contributed by atoms with Crippen LogP contribution in [0.5, 0.6) is 0 Å². The van der Waals surface area contributed by atoms with Gasteiger partial charge in [0, 0.05) is 30.4 Å². The third-order valence-electron chi connectivity index (χ3n) is 4.48. The summed E-state index contributed by atoms with van der Waals surface area (Å²) in [5, 5.41) is 9.84. The van der Waals surface area contributed by atoms with Crippen LogP contribution in [-0.4, -0.2) is 30.6 Å². The van der Waals surface area contributed by atoms with Crippen molar-refractivity contribution in [3.05, 3.63) is 49.1 Å². The molecule has 7 nitrogen and oxygen atoms in total. The first-order valence-corrected chi connectivity index (χ1v) is 8.61. The molecular formula is C19H20N6O. The molecule has 0 radical (unpaired) electrons. The molecule has 0 atom stereocenters. The third-order valence-corrected chi connectivity index (χ3v) is 4.48. The molecule has 0 unspecified atom stereocenters. The molecule has 0 spiro atoms. The lowest BCUT2D eigenvalue weighted by atomic mass is 10.1. The van der Waals surface area contributed by atoms with E-state index in [1.54, 1.807) is 12.5 Å². The van der Waals surface area contributed by atoms with Crippen LogP contribution in [0.2, 0.25) is 0 Å². The molecule has 2 N–H and O–H groups in total. The highest BCUT2D eigenvalue weighted by atomic mass is 16.2. The van der Waals surface area contributed by atoms with Gasteiger partial charge in [-0.15, -0.1) is 6.58 Å². The number of pyridine rings is 1. The molecule has 0 aromatic carbocycles. The minimum absolute atomic E-state index is 0.0537. The number of aromatic nitrogens is 5. The van der Waals surface area contributed by atoms with Crippen LogP contribution < -0.4 is 5.32 Å². The molecule has 3 aromatic heterocycles. The van der Waals surface area contributed by atoms with Crippen molar-refractivity contribution in [1.29, 1.82) is 0 Å². The van der Waals surface area contributed by atoms with Crippen LogP contribution in [0.3, 0.4) is 0 Å². The Balaban J connectivity index is 1.71. The van der Waals surface area contributed by atoms with Gasteiger partial charge in [0.05, 0.1) is 5.69 Å². The Labute approximate surface area is 151 Å². The zero-order valence-electron chi connectivity index (χ0n) is 14.6. The molecule has 3 aromatic rings. The lowest BCUT2D eigenvalue weighted by Crippen LogP contribution is -2.14. The van der Waals surface area contributed by atoms with E-state index in [0.717, 1.165) is 35.2 Å². The fourth-order valence-corrected chi connectivity index (χ4v) is 2.94. The summed E-state index contributed by atoms with van der Waals surface area (Å²) in [7, 11) is 0. The number of nitrogens with zero attached hydrogens (tertiary/aromatic N) is 4. The molecule has 4 rings (SSSR count). The average Bonchev–Trinajstić information content (AvgIpc) is 3.19. The number of anilines is 1. The number of aromatic amines is 1. The average molecular weight is 348 g/mol. The number of carbonyl (C=O) groups excluding carboxylic acids is 1. The summed E-state index contributed by atoms with van der Waals surface area (Å²) in [6.45, 7) is 6.48. The molecule has 7 heteroatoms. The monoisotopic (exact) mass is 348 g/mol. The number of amides is 1. The first-order valence-electron chi connectivity index (χ1n) is 8.61. The minimum Gasteiger partial charge on any atom is -0.340 e. The van der Waals surface area contributed by atoms with Gasteiger partial charge in [-0.1, -0.05) is 6.08 Å². The molecule has 1 saturated carbocycles. The number of nitrogens with one attached hydrogen (secondary N) is 2. The third kappa shape index (κ3) is 3.15. The van der Waals surface area contributed by atoms with Crippen molar-refractivity contribution >= 4 is 11.7 Å². The van der Waals surface area contributed by atoms with Gasteiger partial charge >= 0.3 is 0 Å². The van der Waals surface area contributed by atoms with Crippen LogP contribution in [0.15, 0.2) is 43.5 Å². The predicted molar refractivity (Wildman–Crippen MR) is 99.3 cm³/mol. The van der Waals surface area contributed by atoms with E-state index in [0.29, 0.717) is 18.2 Å². The van der Waals surface area contributed by atoms with Crippen molar-refractivity contribution in [2.24, 2.45) is 5.92 Å². The summed E-state index contributed by atoms with van der Waals surface area (Å²) in [6.07, 6.45) is 9.16. The summed E-state index contributed by atoms with van der Waals surface area (Å²) in [4.78, 5) is 20.6. The quantitative estimate of drug-likeness (QED) is 0.670. The van der Waals surface area contributed by atoms with Gasteiger partial charge in [0.15, 0.2) is 5.82 Å². The van der Waals surface area contributed by atoms with Crippen LogP contribution in [0.1, 0.15) is 18.4 Å². The Hall–Kier alpha value is -3.22. The largest absolute Gasteiger partial charge is 0.340 e. The molecule has 0 saturated heterocycles. The molecule has 3 heterocycles. The van der Waals surface area contributed by atoms with E-state index in [9.17, 15) is 4.79 Å². The topological polar surface area (TPSA) is 88.5 Å². The molecule has 1 amide bonds. The van der Waals surface area contributed by atoms with E-state index in [1.807, 2.05) is 35.9 Å². The van der Waals surface area contributed by atoms with E-state index >= 15 is 0 Å². The summed E-state index contributed by atoms with van der Waals surface area (Å²) in [5.41, 5.74) is 3.98. The van der Waals surface area contributed by atoms with Gasteiger partial charge in [0.2, 0.25) is 5.91 Å². The number of aryl methyl sites for hydroxylation is 1. The summed E-state index contributed by atoms with van der Waals surface area (Å²) < 4.78 is 2.05. The molecule has 26 heavy (non-hydrogen) atoms. The van der Waals surface area contributed by atoms with Gasteiger partial charge in [-0.3, -0.25) is 9.89 Å². The maximum absolute atomic E-state index is 12.0. The first-order chi connectivity index (χ1) is 12.7. The van der Waals surface area contributed by atoms with Crippen molar-refractivity contribution < 1.29 is 4.79 Å². The number of rotatable bonds is 6. The Morgan fingerprint density at radius 2 is 2.27 bits per heavy atom. The Bertz CT molecular complexity index is 953. The van der Waals surface area contributed by atoms with Gasteiger partial charge in [-0.25, -0.2) is 9.97 Å². The smallest absolute Gasteiger partial charge is 0.228 e. The van der Waals surface area contributed by atoms with Crippen LogP contribution in [0.25, 0.3) is 22.6 Å². The molecule has 1 aliphatic rings. The number of hydrogen-bond acceptors (Lipinski definition) is 4. The normalized spacial score (nSPS) is 13.6. The molecule has 1 fully saturated rings. The van der Waals surface area contributed by atoms with Crippen LogP contribution >= 0.6 is 0 Å². The zero-order chi connectivity index (χ0) is 18.1. The van der Waals surface area contributed by atoms with Crippen LogP contribution in [-0.2, 0) is 11.3 Å². The van der Waals surface area contributed by atoms with Crippen molar-refractivity contribution in [3.63, 3.8) is 0 Å². The van der Waals surface area contributed by atoms with Gasteiger partial charge in [-0.05, 0) is 43.0 Å². The number of carbonyl (C=O) groups is 1. The second-order valence-electron chi connectivity index (χ2n) is 6.53. The van der Waals surface area contributed by atoms with E-state index in [-0.39, 0.29) is 11.8 Å². The molecule has 0 bridgehead atoms. The summed E-state index contributed by atoms with van der Waals surface area (Å²) >= 11 is 0. The zero-order valence-corrected chi connectivity index (χ0v) is 14.6. The fraction of sp³-hybridized carbons (Fsp3) is 0.263. The number of H-pyrrole nitrogens is 1. The lowest BCUT2D eigenvalue weighted by molar-refractivity contribution is -0.117. The Morgan fingerprint density at radius 3 is 2.96 bits per heavy atom. The highest BCUT2D eigenvalue weighted by molar-refractivity contribution is 5.93. The van der Waals surface area contributed by atoms with E-state index in [2.05, 4.69) is 32.1 Å². The van der Waals surface area contributed by atoms with E-state index in [1.165, 1.54) is 0 Å². The standard InChI is InChI=1S/C19H20N6O/c1-3-6-25-10-14(7-16(25)18-21-11-22-24-18)15-8-17(20-9-12(15)2)23-19(26)13-4-5-13/h3,7-11,13H,1,4-6H2,2H3,(H,20,23,26)(H,21,22,24). The highest BCUT2D eigenvalue weighted by Gasteiger charge is 2.29. The Kier molecular flexibility index (Phi) is 4.12. The van der Waals surface area contributed by atoms with Crippen LogP contribution in [0.4, 0.5) is 5.82 Å². The van der Waals surface area contributed by atoms with E-state index < -0.39 is 0 Å². The van der Waals surface area contributed by atoms with Gasteiger partial charge in [0.1, 0.15) is 12.1 Å². The van der Waals surface area contributed by atoms with E-state index in [4.69, 9.17) is 0 Å². The van der Waals surface area contributed by atoms with Crippen molar-refractivity contribution in [3.8, 4) is 22.6 Å². The fourth-order valence-electron chi connectivity index (χ4n) is 2.94. The number of allylic oxidation sites excluding steroid dienone is 1. The van der Waals surface area contributed by atoms with Crippen molar-refractivity contribution in [1.82, 2.24) is 24.7 Å². The minimum atomic E-state index is 0.0537. The lowest BCUT2D eigenvalue weighted by Gasteiger charge is -2.08. The second-order valence-corrected chi connectivity index (χ2v) is 6.53. The Morgan fingerprint density at radius 1 is 1.42 bits per heavy atom. The first kappa shape index (κ1) is 16.3. The second kappa shape index (κ2) is 6.59. The summed E-state index contributed by atoms with van der Waals surface area (Å²) in [6, 6.07) is 3.96. The van der Waals surface area contributed by atoms with Crippen molar-refractivity contribution in [2.75, 3.05) is 5.32 Å². The van der Waals surface area contributed by atoms with Crippen LogP contribution in [0, 0.1) is 12.8 Å². The molecule has 1 aliphatic carbocycles. The molecule has 0 aliphatic heterocycles. The maximum atomic E-state index is 12.0. The molecular weight excluding hydrogens is 328 g/mol. The number of hydrogen-bond donors (Lipinski definition) is 2. The maximum Gasteiger partial charge on any atom is 0.228 e. The molecule has 132 valence electrons. The predicted octanol–water partition coefficient (Wildman–Crippen LogP) is 3.18. The van der Waals surface area contributed by atoms with Gasteiger partial charge in [-0.2, -0.15) is 5.10 Å². The SMILES string of the molecule is C=CCn1cc(-c2cc(NC(=O)C3CC3)ncc2C)cc1-c1nc[nH]n1. The van der Waals surface area contributed by atoms with Gasteiger partial charge < -0.3 is 9.88 Å². The highest BCUT2D eigenvalue weighted by Crippen LogP contribution is 2.32. The summed E-state index contributed by atoms with van der Waals surface area (Å²) in [5.74, 6) is 1.41. The van der Waals surface area contributed by atoms with Crippen molar-refractivity contribution in [2.45, 2.75) is 26.3 Å².